The number of halogens is 2. The second-order valence-corrected chi connectivity index (χ2v) is 6.08. The smallest absolute Gasteiger partial charge is 0.266 e. The topological polar surface area (TPSA) is 47.3 Å². The van der Waals surface area contributed by atoms with Crippen LogP contribution in [0, 0.1) is 11.6 Å². The number of rotatable bonds is 2. The average molecular weight is 341 g/mol. The molecule has 0 aliphatic rings. The average Bonchev–Trinajstić information content (AvgIpc) is 3.11. The molecule has 0 saturated heterocycles. The molecular formula is C17H9F2N3OS. The first-order valence-corrected chi connectivity index (χ1v) is 7.85. The van der Waals surface area contributed by atoms with Crippen LogP contribution < -0.4 is 10.1 Å². The fraction of sp³-hybridized carbons (Fsp3) is 0. The van der Waals surface area contributed by atoms with E-state index < -0.39 is 5.82 Å². The molecule has 0 atom stereocenters. The highest BCUT2D eigenvalue weighted by Gasteiger charge is 2.12. The van der Waals surface area contributed by atoms with Gasteiger partial charge in [-0.3, -0.25) is 4.79 Å². The van der Waals surface area contributed by atoms with Gasteiger partial charge in [-0.25, -0.2) is 8.78 Å². The Kier molecular flexibility index (Phi) is 3.42. The van der Waals surface area contributed by atoms with Gasteiger partial charge in [0.1, 0.15) is 11.6 Å². The van der Waals surface area contributed by atoms with E-state index in [-0.39, 0.29) is 11.4 Å². The lowest BCUT2D eigenvalue weighted by atomic mass is 10.2. The Hall–Kier alpha value is -2.93. The van der Waals surface area contributed by atoms with Crippen molar-refractivity contribution in [3.63, 3.8) is 0 Å². The first-order valence-electron chi connectivity index (χ1n) is 7.03. The van der Waals surface area contributed by atoms with Crippen molar-refractivity contribution in [3.8, 4) is 11.4 Å². The number of aromatic nitrogens is 3. The Morgan fingerprint density at radius 1 is 1.04 bits per heavy atom. The SMILES string of the molecule is O=c1c(=Cc2ccccc2F)sc2nc(-c3ccc(F)cc3)nn12. The summed E-state index contributed by atoms with van der Waals surface area (Å²) >= 11 is 1.13. The summed E-state index contributed by atoms with van der Waals surface area (Å²) in [5.41, 5.74) is 0.586. The molecule has 0 bridgehead atoms. The maximum atomic E-state index is 13.7. The molecule has 0 fully saturated rings. The zero-order chi connectivity index (χ0) is 16.7. The Labute approximate surface area is 138 Å². The highest BCUT2D eigenvalue weighted by atomic mass is 32.1. The molecule has 0 aliphatic carbocycles. The largest absolute Gasteiger partial charge is 0.291 e. The summed E-state index contributed by atoms with van der Waals surface area (Å²) in [5, 5.41) is 4.16. The van der Waals surface area contributed by atoms with Crippen LogP contribution in [-0.2, 0) is 0 Å². The van der Waals surface area contributed by atoms with Gasteiger partial charge < -0.3 is 0 Å². The van der Waals surface area contributed by atoms with E-state index >= 15 is 0 Å². The molecule has 4 rings (SSSR count). The van der Waals surface area contributed by atoms with E-state index in [4.69, 9.17) is 0 Å². The Morgan fingerprint density at radius 2 is 1.79 bits per heavy atom. The minimum Gasteiger partial charge on any atom is -0.266 e. The molecule has 0 saturated carbocycles. The van der Waals surface area contributed by atoms with Crippen LogP contribution in [0.1, 0.15) is 5.56 Å². The third kappa shape index (κ3) is 2.48. The lowest BCUT2D eigenvalue weighted by Gasteiger charge is -1.93. The molecule has 0 spiro atoms. The highest BCUT2D eigenvalue weighted by molar-refractivity contribution is 7.15. The third-order valence-electron chi connectivity index (χ3n) is 3.48. The molecule has 4 aromatic rings. The molecule has 0 N–H and O–H groups in total. The van der Waals surface area contributed by atoms with Gasteiger partial charge in [-0.2, -0.15) is 9.50 Å². The van der Waals surface area contributed by atoms with Gasteiger partial charge in [-0.15, -0.1) is 5.10 Å². The normalized spacial score (nSPS) is 12.2. The summed E-state index contributed by atoms with van der Waals surface area (Å²) in [6, 6.07) is 11.9. The van der Waals surface area contributed by atoms with Crippen LogP contribution in [0.2, 0.25) is 0 Å². The Morgan fingerprint density at radius 3 is 2.50 bits per heavy atom. The molecule has 24 heavy (non-hydrogen) atoms. The number of benzene rings is 2. The molecule has 2 heterocycles. The van der Waals surface area contributed by atoms with Crippen molar-refractivity contribution in [3.05, 3.63) is 80.6 Å². The van der Waals surface area contributed by atoms with Gasteiger partial charge in [0.15, 0.2) is 5.82 Å². The number of hydrogen-bond acceptors (Lipinski definition) is 4. The molecule has 2 aromatic heterocycles. The van der Waals surface area contributed by atoms with Crippen LogP contribution in [0.25, 0.3) is 22.4 Å². The van der Waals surface area contributed by atoms with Gasteiger partial charge in [0.2, 0.25) is 4.96 Å². The van der Waals surface area contributed by atoms with Gasteiger partial charge in [-0.1, -0.05) is 29.5 Å². The Bertz CT molecular complexity index is 1150. The zero-order valence-corrected chi connectivity index (χ0v) is 12.9. The van der Waals surface area contributed by atoms with E-state index in [0.717, 1.165) is 11.3 Å². The van der Waals surface area contributed by atoms with Crippen LogP contribution in [0.15, 0.2) is 53.3 Å². The minimum atomic E-state index is -0.400. The molecule has 2 aromatic carbocycles. The van der Waals surface area contributed by atoms with Crippen molar-refractivity contribution >= 4 is 22.4 Å². The number of thiazole rings is 1. The predicted molar refractivity (Wildman–Crippen MR) is 87.7 cm³/mol. The van der Waals surface area contributed by atoms with E-state index in [1.54, 1.807) is 30.3 Å². The van der Waals surface area contributed by atoms with Crippen LogP contribution in [-0.4, -0.2) is 14.6 Å². The molecule has 4 nitrogen and oxygen atoms in total. The second-order valence-electron chi connectivity index (χ2n) is 5.07. The molecule has 0 radical (unpaired) electrons. The summed E-state index contributed by atoms with van der Waals surface area (Å²) < 4.78 is 28.2. The molecule has 7 heteroatoms. The van der Waals surface area contributed by atoms with Crippen molar-refractivity contribution in [1.82, 2.24) is 14.6 Å². The first-order chi connectivity index (χ1) is 11.6. The number of fused-ring (bicyclic) bond motifs is 1. The van der Waals surface area contributed by atoms with E-state index in [9.17, 15) is 13.6 Å². The van der Waals surface area contributed by atoms with Crippen molar-refractivity contribution in [2.24, 2.45) is 0 Å². The highest BCUT2D eigenvalue weighted by Crippen LogP contribution is 2.17. The molecular weight excluding hydrogens is 332 g/mol. The van der Waals surface area contributed by atoms with E-state index in [0.29, 0.717) is 26.4 Å². The monoisotopic (exact) mass is 341 g/mol. The van der Waals surface area contributed by atoms with Gasteiger partial charge in [0.25, 0.3) is 5.56 Å². The summed E-state index contributed by atoms with van der Waals surface area (Å²) in [5.74, 6) is -0.412. The van der Waals surface area contributed by atoms with Crippen LogP contribution in [0.5, 0.6) is 0 Å². The third-order valence-corrected chi connectivity index (χ3v) is 4.44. The maximum Gasteiger partial charge on any atom is 0.291 e. The second kappa shape index (κ2) is 5.61. The van der Waals surface area contributed by atoms with Gasteiger partial charge in [0, 0.05) is 11.1 Å². The van der Waals surface area contributed by atoms with Crippen LogP contribution >= 0.6 is 11.3 Å². The van der Waals surface area contributed by atoms with Gasteiger partial charge in [0.05, 0.1) is 4.53 Å². The van der Waals surface area contributed by atoms with E-state index in [2.05, 4.69) is 10.1 Å². The minimum absolute atomic E-state index is 0.331. The lowest BCUT2D eigenvalue weighted by molar-refractivity contribution is 0.625. The molecule has 0 amide bonds. The fourth-order valence-corrected chi connectivity index (χ4v) is 3.19. The fourth-order valence-electron chi connectivity index (χ4n) is 2.29. The van der Waals surface area contributed by atoms with Gasteiger partial charge >= 0.3 is 0 Å². The van der Waals surface area contributed by atoms with E-state index in [1.807, 2.05) is 0 Å². The maximum absolute atomic E-state index is 13.7. The standard InChI is InChI=1S/C17H9F2N3OS/c18-12-7-5-10(6-8-12)15-20-17-22(21-15)16(23)14(24-17)9-11-3-1-2-4-13(11)19/h1-9H. The Balaban J connectivity index is 1.83. The van der Waals surface area contributed by atoms with Crippen LogP contribution in [0.3, 0.4) is 0 Å². The number of hydrogen-bond donors (Lipinski definition) is 0. The first kappa shape index (κ1) is 14.6. The summed E-state index contributed by atoms with van der Waals surface area (Å²) in [7, 11) is 0. The van der Waals surface area contributed by atoms with Gasteiger partial charge in [-0.05, 0) is 36.4 Å². The predicted octanol–water partition coefficient (Wildman–Crippen LogP) is 2.64. The van der Waals surface area contributed by atoms with Crippen LogP contribution in [0.4, 0.5) is 8.78 Å². The molecule has 0 unspecified atom stereocenters. The zero-order valence-electron chi connectivity index (χ0n) is 12.1. The van der Waals surface area contributed by atoms with E-state index in [1.165, 1.54) is 28.8 Å². The summed E-state index contributed by atoms with van der Waals surface area (Å²) in [6.07, 6.45) is 1.48. The molecule has 118 valence electrons. The van der Waals surface area contributed by atoms with Crippen molar-refractivity contribution in [2.75, 3.05) is 0 Å². The van der Waals surface area contributed by atoms with Crippen molar-refractivity contribution in [2.45, 2.75) is 0 Å². The molecule has 0 aliphatic heterocycles. The van der Waals surface area contributed by atoms with Crippen molar-refractivity contribution < 1.29 is 8.78 Å². The summed E-state index contributed by atoms with van der Waals surface area (Å²) in [6.45, 7) is 0. The van der Waals surface area contributed by atoms with Crippen molar-refractivity contribution in [1.29, 1.82) is 0 Å². The number of nitrogens with zero attached hydrogens (tertiary/aromatic N) is 3. The summed E-state index contributed by atoms with van der Waals surface area (Å²) in [4.78, 5) is 17.1. The quantitative estimate of drug-likeness (QED) is 0.563. The lowest BCUT2D eigenvalue weighted by Crippen LogP contribution is -2.23.